The number of benzene rings is 1. The van der Waals surface area contributed by atoms with Crippen LogP contribution in [0, 0.1) is 11.7 Å². The molecule has 0 heterocycles. The van der Waals surface area contributed by atoms with Gasteiger partial charge in [-0.25, -0.2) is 4.39 Å². The Bertz CT molecular complexity index is 395. The van der Waals surface area contributed by atoms with Crippen LogP contribution in [0.15, 0.2) is 24.3 Å². The summed E-state index contributed by atoms with van der Waals surface area (Å²) >= 11 is 0. The van der Waals surface area contributed by atoms with E-state index in [-0.39, 0.29) is 11.9 Å². The van der Waals surface area contributed by atoms with Crippen LogP contribution < -0.4 is 0 Å². The molecular weight excluding hydrogens is 221 g/mol. The molecule has 0 spiro atoms. The monoisotopic (exact) mass is 239 g/mol. The summed E-state index contributed by atoms with van der Waals surface area (Å²) in [4.78, 5) is 12.6. The van der Waals surface area contributed by atoms with E-state index < -0.39 is 11.9 Å². The molecular formula is C13H18FNO2. The first-order valence-electron chi connectivity index (χ1n) is 5.61. The van der Waals surface area contributed by atoms with Crippen LogP contribution in [-0.2, 0) is 4.79 Å². The third-order valence-corrected chi connectivity index (χ3v) is 3.00. The van der Waals surface area contributed by atoms with Gasteiger partial charge in [0.25, 0.3) is 0 Å². The molecule has 0 saturated heterocycles. The first-order chi connectivity index (χ1) is 7.93. The Balaban J connectivity index is 2.73. The van der Waals surface area contributed by atoms with Gasteiger partial charge in [0.15, 0.2) is 0 Å². The minimum Gasteiger partial charge on any atom is -0.481 e. The minimum absolute atomic E-state index is 0.141. The second kappa shape index (κ2) is 5.77. The first-order valence-corrected chi connectivity index (χ1v) is 5.61. The van der Waals surface area contributed by atoms with E-state index >= 15 is 0 Å². The van der Waals surface area contributed by atoms with Crippen molar-refractivity contribution in [2.24, 2.45) is 5.92 Å². The Morgan fingerprint density at radius 2 is 2.00 bits per heavy atom. The van der Waals surface area contributed by atoms with Crippen molar-refractivity contribution in [1.82, 2.24) is 4.90 Å². The molecule has 0 saturated carbocycles. The lowest BCUT2D eigenvalue weighted by atomic mass is 10.1. The highest BCUT2D eigenvalue weighted by Gasteiger charge is 2.19. The zero-order valence-electron chi connectivity index (χ0n) is 10.4. The maximum Gasteiger partial charge on any atom is 0.307 e. The normalized spacial score (nSPS) is 14.6. The Labute approximate surface area is 101 Å². The van der Waals surface area contributed by atoms with Crippen LogP contribution in [-0.4, -0.2) is 29.6 Å². The van der Waals surface area contributed by atoms with Gasteiger partial charge in [0.05, 0.1) is 5.92 Å². The average Bonchev–Trinajstić information content (AvgIpc) is 2.28. The molecule has 4 heteroatoms. The number of nitrogens with zero attached hydrogens (tertiary/aromatic N) is 1. The van der Waals surface area contributed by atoms with E-state index in [1.807, 2.05) is 11.8 Å². The minimum atomic E-state index is -0.836. The topological polar surface area (TPSA) is 40.5 Å². The molecule has 1 aromatic carbocycles. The van der Waals surface area contributed by atoms with Crippen molar-refractivity contribution in [3.8, 4) is 0 Å². The summed E-state index contributed by atoms with van der Waals surface area (Å²) in [5.74, 6) is -1.55. The number of carbonyl (C=O) groups is 1. The Hall–Kier alpha value is -1.42. The molecule has 1 aromatic rings. The van der Waals surface area contributed by atoms with E-state index in [1.54, 1.807) is 32.2 Å². The van der Waals surface area contributed by atoms with Gasteiger partial charge >= 0.3 is 5.97 Å². The lowest BCUT2D eigenvalue weighted by Gasteiger charge is -2.26. The summed E-state index contributed by atoms with van der Waals surface area (Å²) in [7, 11) is 1.80. The third kappa shape index (κ3) is 3.53. The summed E-state index contributed by atoms with van der Waals surface area (Å²) in [6.45, 7) is 3.91. The highest BCUT2D eigenvalue weighted by molar-refractivity contribution is 5.69. The maximum absolute atomic E-state index is 13.6. The number of carboxylic acid groups (broad SMARTS) is 1. The van der Waals surface area contributed by atoms with Crippen LogP contribution >= 0.6 is 0 Å². The molecule has 0 radical (unpaired) electrons. The summed E-state index contributed by atoms with van der Waals surface area (Å²) in [5, 5.41) is 8.84. The second-order valence-electron chi connectivity index (χ2n) is 4.38. The fourth-order valence-corrected chi connectivity index (χ4v) is 1.72. The van der Waals surface area contributed by atoms with Gasteiger partial charge in [0.1, 0.15) is 5.82 Å². The zero-order chi connectivity index (χ0) is 13.0. The quantitative estimate of drug-likeness (QED) is 0.858. The molecule has 0 aliphatic carbocycles. The van der Waals surface area contributed by atoms with Crippen LogP contribution in [0.2, 0.25) is 0 Å². The van der Waals surface area contributed by atoms with Gasteiger partial charge in [0, 0.05) is 18.2 Å². The predicted octanol–water partition coefficient (Wildman–Crippen LogP) is 2.54. The molecule has 94 valence electrons. The van der Waals surface area contributed by atoms with E-state index in [9.17, 15) is 9.18 Å². The molecule has 0 bridgehead atoms. The largest absolute Gasteiger partial charge is 0.481 e. The summed E-state index contributed by atoms with van der Waals surface area (Å²) < 4.78 is 13.6. The molecule has 0 aliphatic rings. The molecule has 0 fully saturated rings. The fraction of sp³-hybridized carbons (Fsp3) is 0.462. The number of carboxylic acids is 1. The fourth-order valence-electron chi connectivity index (χ4n) is 1.72. The van der Waals surface area contributed by atoms with Crippen molar-refractivity contribution in [3.63, 3.8) is 0 Å². The van der Waals surface area contributed by atoms with Gasteiger partial charge in [-0.3, -0.25) is 9.69 Å². The number of aliphatic carboxylic acids is 1. The second-order valence-corrected chi connectivity index (χ2v) is 4.38. The number of hydrogen-bond donors (Lipinski definition) is 1. The Morgan fingerprint density at radius 3 is 2.53 bits per heavy atom. The molecule has 1 rings (SSSR count). The smallest absolute Gasteiger partial charge is 0.307 e. The summed E-state index contributed by atoms with van der Waals surface area (Å²) in [5.41, 5.74) is 0.590. The summed E-state index contributed by atoms with van der Waals surface area (Å²) in [6, 6.07) is 6.43. The van der Waals surface area contributed by atoms with Crippen molar-refractivity contribution in [1.29, 1.82) is 0 Å². The van der Waals surface area contributed by atoms with Crippen molar-refractivity contribution >= 4 is 5.97 Å². The van der Waals surface area contributed by atoms with Crippen LogP contribution in [0.1, 0.15) is 25.5 Å². The van der Waals surface area contributed by atoms with E-state index in [0.29, 0.717) is 12.1 Å². The van der Waals surface area contributed by atoms with E-state index in [1.165, 1.54) is 6.07 Å². The van der Waals surface area contributed by atoms with Gasteiger partial charge < -0.3 is 5.11 Å². The molecule has 2 unspecified atom stereocenters. The highest BCUT2D eigenvalue weighted by Crippen LogP contribution is 2.22. The van der Waals surface area contributed by atoms with Gasteiger partial charge in [-0.1, -0.05) is 25.1 Å². The lowest BCUT2D eigenvalue weighted by Crippen LogP contribution is -2.31. The molecule has 1 N–H and O–H groups in total. The van der Waals surface area contributed by atoms with E-state index in [2.05, 4.69) is 0 Å². The Morgan fingerprint density at radius 1 is 1.41 bits per heavy atom. The van der Waals surface area contributed by atoms with Crippen molar-refractivity contribution in [3.05, 3.63) is 35.6 Å². The van der Waals surface area contributed by atoms with Crippen LogP contribution in [0.4, 0.5) is 4.39 Å². The maximum atomic E-state index is 13.6. The standard InChI is InChI=1S/C13H18FNO2/c1-9(13(16)17)8-15(3)10(2)11-6-4-5-7-12(11)14/h4-7,9-10H,8H2,1-3H3,(H,16,17). The molecule has 2 atom stereocenters. The van der Waals surface area contributed by atoms with Crippen molar-refractivity contribution in [2.45, 2.75) is 19.9 Å². The molecule has 0 aromatic heterocycles. The molecule has 0 aliphatic heterocycles. The highest BCUT2D eigenvalue weighted by atomic mass is 19.1. The molecule has 3 nitrogen and oxygen atoms in total. The SMILES string of the molecule is CC(CN(C)C(C)c1ccccc1F)C(=O)O. The molecule has 0 amide bonds. The van der Waals surface area contributed by atoms with Gasteiger partial charge in [-0.15, -0.1) is 0 Å². The lowest BCUT2D eigenvalue weighted by molar-refractivity contribution is -0.141. The number of rotatable bonds is 5. The summed E-state index contributed by atoms with van der Waals surface area (Å²) in [6.07, 6.45) is 0. The molecule has 17 heavy (non-hydrogen) atoms. The van der Waals surface area contributed by atoms with E-state index in [4.69, 9.17) is 5.11 Å². The van der Waals surface area contributed by atoms with Crippen LogP contribution in [0.3, 0.4) is 0 Å². The number of halogens is 1. The number of hydrogen-bond acceptors (Lipinski definition) is 2. The van der Waals surface area contributed by atoms with Gasteiger partial charge in [-0.2, -0.15) is 0 Å². The Kier molecular flexibility index (Phi) is 4.63. The van der Waals surface area contributed by atoms with Crippen molar-refractivity contribution < 1.29 is 14.3 Å². The third-order valence-electron chi connectivity index (χ3n) is 3.00. The van der Waals surface area contributed by atoms with Crippen molar-refractivity contribution in [2.75, 3.05) is 13.6 Å². The van der Waals surface area contributed by atoms with Crippen LogP contribution in [0.25, 0.3) is 0 Å². The zero-order valence-corrected chi connectivity index (χ0v) is 10.4. The predicted molar refractivity (Wildman–Crippen MR) is 64.2 cm³/mol. The van der Waals surface area contributed by atoms with E-state index in [0.717, 1.165) is 0 Å². The van der Waals surface area contributed by atoms with Crippen LogP contribution in [0.5, 0.6) is 0 Å². The average molecular weight is 239 g/mol. The van der Waals surface area contributed by atoms with Gasteiger partial charge in [-0.05, 0) is 20.0 Å². The van der Waals surface area contributed by atoms with Gasteiger partial charge in [0.2, 0.25) is 0 Å². The first kappa shape index (κ1) is 13.6.